The molecule has 0 radical (unpaired) electrons. The van der Waals surface area contributed by atoms with Crippen LogP contribution in [0, 0.1) is 11.8 Å². The molecule has 5 atom stereocenters. The third-order valence-electron chi connectivity index (χ3n) is 5.37. The molecule has 1 aliphatic rings. The van der Waals surface area contributed by atoms with Gasteiger partial charge in [0.1, 0.15) is 0 Å². The summed E-state index contributed by atoms with van der Waals surface area (Å²) >= 11 is 0. The van der Waals surface area contributed by atoms with Crippen molar-refractivity contribution in [2.75, 3.05) is 7.11 Å². The molecule has 25 heavy (non-hydrogen) atoms. The fourth-order valence-corrected chi connectivity index (χ4v) is 3.86. The van der Waals surface area contributed by atoms with E-state index in [9.17, 15) is 10.2 Å². The van der Waals surface area contributed by atoms with Crippen molar-refractivity contribution in [2.24, 2.45) is 11.8 Å². The Hall–Kier alpha value is -0.840. The highest BCUT2D eigenvalue weighted by atomic mass is 16.5. The topological polar surface area (TPSA) is 69.9 Å². The first-order chi connectivity index (χ1) is 12.1. The maximum atomic E-state index is 10.4. The number of hydrogen-bond acceptors (Lipinski definition) is 4. The number of aliphatic hydroxyl groups is 3. The molecule has 1 fully saturated rings. The van der Waals surface area contributed by atoms with Crippen LogP contribution in [0.4, 0.5) is 0 Å². The molecule has 3 N–H and O–H groups in total. The van der Waals surface area contributed by atoms with E-state index < -0.39 is 6.10 Å². The summed E-state index contributed by atoms with van der Waals surface area (Å²) in [5.41, 5.74) is 0. The Morgan fingerprint density at radius 2 is 1.96 bits per heavy atom. The van der Waals surface area contributed by atoms with E-state index in [2.05, 4.69) is 13.0 Å². The lowest BCUT2D eigenvalue weighted by Crippen LogP contribution is -2.22. The molecule has 0 bridgehead atoms. The van der Waals surface area contributed by atoms with Gasteiger partial charge in [-0.3, -0.25) is 0 Å². The van der Waals surface area contributed by atoms with Gasteiger partial charge in [0, 0.05) is 19.4 Å². The largest absolute Gasteiger partial charge is 0.516 e. The summed E-state index contributed by atoms with van der Waals surface area (Å²) in [6.07, 6.45) is 16.1. The molecule has 0 saturated heterocycles. The van der Waals surface area contributed by atoms with Gasteiger partial charge in [-0.2, -0.15) is 0 Å². The van der Waals surface area contributed by atoms with Crippen LogP contribution in [0.1, 0.15) is 71.1 Å². The highest BCUT2D eigenvalue weighted by molar-refractivity contribution is 5.04. The van der Waals surface area contributed by atoms with E-state index in [4.69, 9.17) is 9.84 Å². The van der Waals surface area contributed by atoms with Gasteiger partial charge < -0.3 is 20.1 Å². The molecule has 4 heteroatoms. The first-order valence-electron chi connectivity index (χ1n) is 10.0. The second-order valence-electron chi connectivity index (χ2n) is 7.29. The standard InChI is InChI=1S/C21H38O4/c1-3-4-8-11-17(23)13-14-19-18(20(24)16-21(19)25-2)12-9-6-5-7-10-15-22/h10,13-15,17-24H,3-9,11-12,16H2,1-2H3/b14-13+,15-10?. The summed E-state index contributed by atoms with van der Waals surface area (Å²) in [5, 5.41) is 29.2. The fourth-order valence-electron chi connectivity index (χ4n) is 3.86. The van der Waals surface area contributed by atoms with Crippen molar-refractivity contribution in [3.63, 3.8) is 0 Å². The summed E-state index contributed by atoms with van der Waals surface area (Å²) in [4.78, 5) is 0. The van der Waals surface area contributed by atoms with Crippen LogP contribution in [0.3, 0.4) is 0 Å². The Balaban J connectivity index is 2.49. The number of hydrogen-bond donors (Lipinski definition) is 3. The lowest BCUT2D eigenvalue weighted by atomic mass is 9.87. The molecule has 1 saturated carbocycles. The molecule has 0 heterocycles. The van der Waals surface area contributed by atoms with E-state index in [0.717, 1.165) is 64.0 Å². The minimum Gasteiger partial charge on any atom is -0.516 e. The first kappa shape index (κ1) is 22.2. The molecular weight excluding hydrogens is 316 g/mol. The van der Waals surface area contributed by atoms with Crippen LogP contribution in [0.5, 0.6) is 0 Å². The normalized spacial score (nSPS) is 28.3. The maximum Gasteiger partial charge on any atom is 0.0751 e. The number of aliphatic hydroxyl groups excluding tert-OH is 3. The summed E-state index contributed by atoms with van der Waals surface area (Å²) < 4.78 is 5.58. The molecule has 0 aromatic carbocycles. The smallest absolute Gasteiger partial charge is 0.0751 e. The number of ether oxygens (including phenoxy) is 1. The molecule has 1 rings (SSSR count). The number of allylic oxidation sites excluding steroid dienone is 1. The van der Waals surface area contributed by atoms with Crippen LogP contribution in [0.2, 0.25) is 0 Å². The van der Waals surface area contributed by atoms with Gasteiger partial charge in [0.2, 0.25) is 0 Å². The van der Waals surface area contributed by atoms with Gasteiger partial charge in [-0.05, 0) is 31.6 Å². The van der Waals surface area contributed by atoms with Crippen molar-refractivity contribution in [3.8, 4) is 0 Å². The Morgan fingerprint density at radius 1 is 1.16 bits per heavy atom. The third-order valence-corrected chi connectivity index (χ3v) is 5.37. The molecule has 4 nitrogen and oxygen atoms in total. The highest BCUT2D eigenvalue weighted by Crippen LogP contribution is 2.38. The van der Waals surface area contributed by atoms with Gasteiger partial charge in [-0.15, -0.1) is 0 Å². The van der Waals surface area contributed by atoms with Crippen molar-refractivity contribution in [1.82, 2.24) is 0 Å². The molecule has 5 unspecified atom stereocenters. The molecule has 1 aliphatic carbocycles. The Bertz CT molecular complexity index is 380. The SMILES string of the molecule is CCCCCC(O)/C=C/C1C(OC)CC(O)C1CCCCCC=CO. The van der Waals surface area contributed by atoms with E-state index in [1.54, 1.807) is 13.2 Å². The van der Waals surface area contributed by atoms with Crippen LogP contribution in [-0.2, 0) is 4.74 Å². The van der Waals surface area contributed by atoms with Crippen molar-refractivity contribution < 1.29 is 20.1 Å². The van der Waals surface area contributed by atoms with E-state index in [1.165, 1.54) is 0 Å². The summed E-state index contributed by atoms with van der Waals surface area (Å²) in [7, 11) is 1.71. The summed E-state index contributed by atoms with van der Waals surface area (Å²) in [6.45, 7) is 2.16. The van der Waals surface area contributed by atoms with Crippen molar-refractivity contribution >= 4 is 0 Å². The Labute approximate surface area is 153 Å². The average Bonchev–Trinajstić information content (AvgIpc) is 2.91. The van der Waals surface area contributed by atoms with Crippen molar-refractivity contribution in [3.05, 3.63) is 24.5 Å². The summed E-state index contributed by atoms with van der Waals surface area (Å²) in [6, 6.07) is 0. The molecular formula is C21H38O4. The first-order valence-corrected chi connectivity index (χ1v) is 10.0. The lowest BCUT2D eigenvalue weighted by molar-refractivity contribution is 0.0744. The zero-order valence-electron chi connectivity index (χ0n) is 16.0. The number of unbranched alkanes of at least 4 members (excludes halogenated alkanes) is 5. The van der Waals surface area contributed by atoms with Gasteiger partial charge in [0.15, 0.2) is 0 Å². The maximum absolute atomic E-state index is 10.4. The zero-order valence-corrected chi connectivity index (χ0v) is 16.0. The molecule has 0 aromatic rings. The van der Waals surface area contributed by atoms with Gasteiger partial charge in [0.05, 0.1) is 24.6 Å². The van der Waals surface area contributed by atoms with Crippen molar-refractivity contribution in [2.45, 2.75) is 89.4 Å². The van der Waals surface area contributed by atoms with Crippen LogP contribution in [0.15, 0.2) is 24.5 Å². The highest BCUT2D eigenvalue weighted by Gasteiger charge is 2.40. The van der Waals surface area contributed by atoms with Crippen LogP contribution in [0.25, 0.3) is 0 Å². The Morgan fingerprint density at radius 3 is 2.64 bits per heavy atom. The van der Waals surface area contributed by atoms with E-state index >= 15 is 0 Å². The zero-order chi connectivity index (χ0) is 18.5. The van der Waals surface area contributed by atoms with Gasteiger partial charge in [-0.1, -0.05) is 57.3 Å². The predicted molar refractivity (Wildman–Crippen MR) is 103 cm³/mol. The monoisotopic (exact) mass is 354 g/mol. The van der Waals surface area contributed by atoms with Gasteiger partial charge >= 0.3 is 0 Å². The van der Waals surface area contributed by atoms with Crippen LogP contribution < -0.4 is 0 Å². The predicted octanol–water partition coefficient (Wildman–Crippen LogP) is 4.52. The van der Waals surface area contributed by atoms with E-state index in [-0.39, 0.29) is 24.0 Å². The van der Waals surface area contributed by atoms with Crippen molar-refractivity contribution in [1.29, 1.82) is 0 Å². The fraction of sp³-hybridized carbons (Fsp3) is 0.810. The third kappa shape index (κ3) is 8.39. The lowest BCUT2D eigenvalue weighted by Gasteiger charge is -2.22. The Kier molecular flexibility index (Phi) is 11.9. The minimum absolute atomic E-state index is 0.0383. The van der Waals surface area contributed by atoms with Gasteiger partial charge in [0.25, 0.3) is 0 Å². The minimum atomic E-state index is -0.396. The molecule has 0 aliphatic heterocycles. The van der Waals surface area contributed by atoms with Gasteiger partial charge in [-0.25, -0.2) is 0 Å². The molecule has 0 aromatic heterocycles. The van der Waals surface area contributed by atoms with E-state index in [0.29, 0.717) is 6.42 Å². The number of rotatable bonds is 13. The summed E-state index contributed by atoms with van der Waals surface area (Å²) in [5.74, 6) is 0.385. The van der Waals surface area contributed by atoms with E-state index in [1.807, 2.05) is 6.08 Å². The second-order valence-corrected chi connectivity index (χ2v) is 7.29. The second kappa shape index (κ2) is 13.4. The molecule has 146 valence electrons. The van der Waals surface area contributed by atoms with Crippen LogP contribution in [-0.4, -0.2) is 40.7 Å². The molecule has 0 amide bonds. The number of methoxy groups -OCH3 is 1. The average molecular weight is 355 g/mol. The quantitative estimate of drug-likeness (QED) is 0.258. The van der Waals surface area contributed by atoms with Crippen LogP contribution >= 0.6 is 0 Å². The molecule has 0 spiro atoms.